The molecule has 0 aliphatic heterocycles. The van der Waals surface area contributed by atoms with Gasteiger partial charge in [-0.3, -0.25) is 4.72 Å². The highest BCUT2D eigenvalue weighted by molar-refractivity contribution is 7.92. The lowest BCUT2D eigenvalue weighted by Crippen LogP contribution is -2.16. The van der Waals surface area contributed by atoms with E-state index in [9.17, 15) is 8.42 Å². The van der Waals surface area contributed by atoms with Crippen LogP contribution in [0.5, 0.6) is 11.6 Å². The third-order valence-electron chi connectivity index (χ3n) is 3.75. The van der Waals surface area contributed by atoms with E-state index >= 15 is 0 Å². The maximum Gasteiger partial charge on any atom is 0.266 e. The van der Waals surface area contributed by atoms with Crippen molar-refractivity contribution >= 4 is 27.4 Å². The Morgan fingerprint density at radius 3 is 2.72 bits per heavy atom. The van der Waals surface area contributed by atoms with Gasteiger partial charge in [0.05, 0.1) is 26.1 Å². The molecule has 1 aromatic carbocycles. The fourth-order valence-corrected chi connectivity index (χ4v) is 3.62. The molecular formula is C16H18ClN3O4S. The number of hydrogen-bond donors (Lipinski definition) is 1. The highest BCUT2D eigenvalue weighted by Crippen LogP contribution is 2.33. The number of nitrogens with one attached hydrogen (secondary N) is 1. The number of methoxy groups -OCH3 is 1. The van der Waals surface area contributed by atoms with Gasteiger partial charge in [-0.2, -0.15) is 0 Å². The summed E-state index contributed by atoms with van der Waals surface area (Å²) in [6.07, 6.45) is 5.94. The Kier molecular flexibility index (Phi) is 5.29. The van der Waals surface area contributed by atoms with Gasteiger partial charge in [0, 0.05) is 5.02 Å². The van der Waals surface area contributed by atoms with E-state index in [1.54, 1.807) is 12.1 Å². The van der Waals surface area contributed by atoms with Crippen LogP contribution in [-0.4, -0.2) is 32.1 Å². The molecule has 0 amide bonds. The summed E-state index contributed by atoms with van der Waals surface area (Å²) in [5, 5.41) is 0.302. The summed E-state index contributed by atoms with van der Waals surface area (Å²) in [5.74, 6) is 1.32. The quantitative estimate of drug-likeness (QED) is 0.753. The minimum Gasteiger partial charge on any atom is -0.492 e. The highest BCUT2D eigenvalue weighted by atomic mass is 35.5. The Bertz CT molecular complexity index is 839. The van der Waals surface area contributed by atoms with Crippen LogP contribution in [0.2, 0.25) is 5.02 Å². The lowest BCUT2D eigenvalue weighted by Gasteiger charge is -2.13. The van der Waals surface area contributed by atoms with Crippen molar-refractivity contribution in [3.63, 3.8) is 0 Å². The van der Waals surface area contributed by atoms with Crippen molar-refractivity contribution < 1.29 is 17.9 Å². The Labute approximate surface area is 151 Å². The lowest BCUT2D eigenvalue weighted by molar-refractivity contribution is 0.295. The average Bonchev–Trinajstić information content (AvgIpc) is 3.41. The van der Waals surface area contributed by atoms with Crippen molar-refractivity contribution in [3.05, 3.63) is 35.6 Å². The molecule has 1 N–H and O–H groups in total. The minimum absolute atomic E-state index is 0.0339. The number of halogens is 1. The van der Waals surface area contributed by atoms with Gasteiger partial charge in [0.1, 0.15) is 10.6 Å². The maximum absolute atomic E-state index is 12.7. The number of sulfonamides is 1. The Balaban J connectivity index is 1.79. The third kappa shape index (κ3) is 4.73. The first-order valence-electron chi connectivity index (χ1n) is 7.79. The third-order valence-corrected chi connectivity index (χ3v) is 5.36. The van der Waals surface area contributed by atoms with Crippen LogP contribution in [0.3, 0.4) is 0 Å². The number of anilines is 1. The van der Waals surface area contributed by atoms with Crippen LogP contribution >= 0.6 is 11.6 Å². The molecule has 1 heterocycles. The Morgan fingerprint density at radius 2 is 2.08 bits per heavy atom. The second kappa shape index (κ2) is 7.45. The van der Waals surface area contributed by atoms with E-state index in [0.717, 1.165) is 6.42 Å². The molecule has 1 aliphatic carbocycles. The summed E-state index contributed by atoms with van der Waals surface area (Å²) in [6, 6.07) is 4.51. The van der Waals surface area contributed by atoms with Crippen molar-refractivity contribution in [2.45, 2.75) is 24.2 Å². The van der Waals surface area contributed by atoms with Crippen molar-refractivity contribution in [2.24, 2.45) is 5.92 Å². The van der Waals surface area contributed by atoms with Crippen LogP contribution < -0.4 is 14.2 Å². The van der Waals surface area contributed by atoms with E-state index in [2.05, 4.69) is 14.7 Å². The molecule has 1 fully saturated rings. The predicted octanol–water partition coefficient (Wildman–Crippen LogP) is 3.12. The molecule has 25 heavy (non-hydrogen) atoms. The smallest absolute Gasteiger partial charge is 0.266 e. The predicted molar refractivity (Wildman–Crippen MR) is 93.7 cm³/mol. The van der Waals surface area contributed by atoms with Gasteiger partial charge in [-0.15, -0.1) is 0 Å². The maximum atomic E-state index is 12.7. The molecular weight excluding hydrogens is 366 g/mol. The largest absolute Gasteiger partial charge is 0.492 e. The normalized spacial score (nSPS) is 14.2. The van der Waals surface area contributed by atoms with Gasteiger partial charge >= 0.3 is 0 Å². The van der Waals surface area contributed by atoms with Crippen LogP contribution in [0.4, 0.5) is 5.82 Å². The molecule has 3 rings (SSSR count). The van der Waals surface area contributed by atoms with Crippen LogP contribution in [0.25, 0.3) is 0 Å². The second-order valence-corrected chi connectivity index (χ2v) is 7.81. The molecule has 0 atom stereocenters. The zero-order chi connectivity index (χ0) is 17.9. The van der Waals surface area contributed by atoms with E-state index < -0.39 is 10.0 Å². The molecule has 0 unspecified atom stereocenters. The Morgan fingerprint density at radius 1 is 1.28 bits per heavy atom. The molecule has 0 saturated heterocycles. The molecule has 1 aliphatic rings. The van der Waals surface area contributed by atoms with Gasteiger partial charge in [-0.25, -0.2) is 18.4 Å². The van der Waals surface area contributed by atoms with E-state index in [4.69, 9.17) is 21.1 Å². The molecule has 0 spiro atoms. The van der Waals surface area contributed by atoms with Crippen LogP contribution in [0.15, 0.2) is 35.5 Å². The van der Waals surface area contributed by atoms with Crippen molar-refractivity contribution in [1.82, 2.24) is 9.97 Å². The SMILES string of the molecule is COc1cnc(NS(=O)(=O)c2cc(Cl)ccc2OCCC2CC2)cn1. The summed E-state index contributed by atoms with van der Waals surface area (Å²) in [4.78, 5) is 7.84. The van der Waals surface area contributed by atoms with Crippen LogP contribution in [-0.2, 0) is 10.0 Å². The summed E-state index contributed by atoms with van der Waals surface area (Å²) < 4.78 is 38.3. The Hall–Kier alpha value is -2.06. The molecule has 9 heteroatoms. The van der Waals surface area contributed by atoms with E-state index in [1.165, 1.54) is 38.4 Å². The first kappa shape index (κ1) is 17.8. The fourth-order valence-electron chi connectivity index (χ4n) is 2.22. The number of ether oxygens (including phenoxy) is 2. The topological polar surface area (TPSA) is 90.4 Å². The lowest BCUT2D eigenvalue weighted by atomic mass is 10.3. The number of benzene rings is 1. The monoisotopic (exact) mass is 383 g/mol. The molecule has 1 aromatic heterocycles. The van der Waals surface area contributed by atoms with E-state index in [1.807, 2.05) is 0 Å². The van der Waals surface area contributed by atoms with E-state index in [-0.39, 0.29) is 22.3 Å². The molecule has 2 aromatic rings. The molecule has 0 radical (unpaired) electrons. The summed E-state index contributed by atoms with van der Waals surface area (Å²) >= 11 is 5.97. The van der Waals surface area contributed by atoms with E-state index in [0.29, 0.717) is 17.5 Å². The fraction of sp³-hybridized carbons (Fsp3) is 0.375. The van der Waals surface area contributed by atoms with Crippen LogP contribution in [0.1, 0.15) is 19.3 Å². The van der Waals surface area contributed by atoms with Gasteiger partial charge in [0.2, 0.25) is 5.88 Å². The minimum atomic E-state index is -3.92. The molecule has 1 saturated carbocycles. The number of hydrogen-bond acceptors (Lipinski definition) is 6. The molecule has 7 nitrogen and oxygen atoms in total. The summed E-state index contributed by atoms with van der Waals surface area (Å²) in [5.41, 5.74) is 0. The van der Waals surface area contributed by atoms with Gasteiger partial charge in [-0.05, 0) is 30.5 Å². The molecule has 134 valence electrons. The van der Waals surface area contributed by atoms with Gasteiger partial charge < -0.3 is 9.47 Å². The number of rotatable bonds is 8. The zero-order valence-electron chi connectivity index (χ0n) is 13.6. The standard InChI is InChI=1S/C16H18ClN3O4S/c1-23-16-10-18-15(9-19-16)20-25(21,22)14-8-12(17)4-5-13(14)24-7-6-11-2-3-11/h4-5,8-11H,2-3,6-7H2,1H3,(H,18,20). The van der Waals surface area contributed by atoms with Crippen molar-refractivity contribution in [3.8, 4) is 11.6 Å². The summed E-state index contributed by atoms with van der Waals surface area (Å²) in [7, 11) is -2.47. The van der Waals surface area contributed by atoms with Crippen molar-refractivity contribution in [1.29, 1.82) is 0 Å². The van der Waals surface area contributed by atoms with Gasteiger partial charge in [0.25, 0.3) is 10.0 Å². The van der Waals surface area contributed by atoms with Crippen LogP contribution in [0, 0.1) is 5.92 Å². The van der Waals surface area contributed by atoms with Crippen molar-refractivity contribution in [2.75, 3.05) is 18.4 Å². The summed E-state index contributed by atoms with van der Waals surface area (Å²) in [6.45, 7) is 0.469. The first-order valence-corrected chi connectivity index (χ1v) is 9.65. The zero-order valence-corrected chi connectivity index (χ0v) is 15.2. The van der Waals surface area contributed by atoms with Gasteiger partial charge in [-0.1, -0.05) is 24.4 Å². The highest BCUT2D eigenvalue weighted by Gasteiger charge is 2.23. The first-order chi connectivity index (χ1) is 12.0. The molecule has 0 bridgehead atoms. The average molecular weight is 384 g/mol. The number of nitrogens with zero attached hydrogens (tertiary/aromatic N) is 2. The van der Waals surface area contributed by atoms with Gasteiger partial charge in [0.15, 0.2) is 5.82 Å². The second-order valence-electron chi connectivity index (χ2n) is 5.72. The number of aromatic nitrogens is 2.